The molecule has 32 heavy (non-hydrogen) atoms. The van der Waals surface area contributed by atoms with Gasteiger partial charge in [-0.25, -0.2) is 14.8 Å². The SMILES string of the molecule is C[C@H]1CN(C(=O)OC(C)(C)C)CCN1c1ncnc2c1c(C1CC1)cn2C1CCCOC1. The molecule has 0 bridgehead atoms. The van der Waals surface area contributed by atoms with E-state index in [1.165, 1.54) is 23.8 Å². The summed E-state index contributed by atoms with van der Waals surface area (Å²) in [6.07, 6.45) is 8.46. The number of anilines is 1. The Morgan fingerprint density at radius 3 is 2.66 bits per heavy atom. The van der Waals surface area contributed by atoms with Crippen LogP contribution in [0.4, 0.5) is 10.6 Å². The minimum Gasteiger partial charge on any atom is -0.444 e. The maximum absolute atomic E-state index is 12.6. The average molecular weight is 442 g/mol. The van der Waals surface area contributed by atoms with Gasteiger partial charge in [0.15, 0.2) is 0 Å². The Balaban J connectivity index is 1.44. The van der Waals surface area contributed by atoms with E-state index in [1.807, 2.05) is 25.7 Å². The fourth-order valence-corrected chi connectivity index (χ4v) is 5.00. The lowest BCUT2D eigenvalue weighted by atomic mass is 10.1. The second-order valence-corrected chi connectivity index (χ2v) is 10.5. The number of hydrogen-bond donors (Lipinski definition) is 0. The van der Waals surface area contributed by atoms with E-state index in [4.69, 9.17) is 19.4 Å². The molecule has 0 aromatic carbocycles. The first-order valence-electron chi connectivity index (χ1n) is 12.0. The van der Waals surface area contributed by atoms with Crippen LogP contribution in [0.2, 0.25) is 0 Å². The van der Waals surface area contributed by atoms with Crippen molar-refractivity contribution in [2.24, 2.45) is 0 Å². The molecule has 8 heteroatoms. The lowest BCUT2D eigenvalue weighted by Crippen LogP contribution is -2.54. The van der Waals surface area contributed by atoms with Crippen molar-refractivity contribution in [2.45, 2.75) is 77.0 Å². The molecular formula is C24H35N5O3. The Morgan fingerprint density at radius 2 is 2.00 bits per heavy atom. The molecule has 0 radical (unpaired) electrons. The second kappa shape index (κ2) is 8.21. The van der Waals surface area contributed by atoms with Gasteiger partial charge in [0.25, 0.3) is 0 Å². The standard InChI is InChI=1S/C24H35N5O3/c1-16-12-27(23(30)32-24(2,3)4)9-10-28(16)21-20-19(17-7-8-17)13-29(22(20)26-15-25-21)18-6-5-11-31-14-18/h13,15-18H,5-12,14H2,1-4H3/t16-,18?/m0/s1. The van der Waals surface area contributed by atoms with Crippen LogP contribution < -0.4 is 4.90 Å². The topological polar surface area (TPSA) is 72.7 Å². The van der Waals surface area contributed by atoms with E-state index in [9.17, 15) is 4.79 Å². The molecule has 174 valence electrons. The third-order valence-corrected chi connectivity index (χ3v) is 6.72. The van der Waals surface area contributed by atoms with Crippen molar-refractivity contribution in [3.63, 3.8) is 0 Å². The number of aromatic nitrogens is 3. The van der Waals surface area contributed by atoms with Gasteiger partial charge < -0.3 is 23.8 Å². The van der Waals surface area contributed by atoms with Gasteiger partial charge in [-0.05, 0) is 64.9 Å². The van der Waals surface area contributed by atoms with Crippen molar-refractivity contribution in [1.29, 1.82) is 0 Å². The summed E-state index contributed by atoms with van der Waals surface area (Å²) in [6, 6.07) is 0.478. The van der Waals surface area contributed by atoms with Crippen molar-refractivity contribution in [3.8, 4) is 0 Å². The summed E-state index contributed by atoms with van der Waals surface area (Å²) < 4.78 is 13.7. The molecule has 5 rings (SSSR count). The molecule has 2 aromatic heterocycles. The molecule has 2 aliphatic heterocycles. The van der Waals surface area contributed by atoms with Gasteiger partial charge in [0.05, 0.1) is 18.0 Å². The third-order valence-electron chi connectivity index (χ3n) is 6.72. The van der Waals surface area contributed by atoms with Crippen LogP contribution in [0.15, 0.2) is 12.5 Å². The highest BCUT2D eigenvalue weighted by atomic mass is 16.6. The Labute approximate surface area is 189 Å². The molecule has 3 aliphatic rings. The molecule has 3 fully saturated rings. The van der Waals surface area contributed by atoms with Crippen molar-refractivity contribution in [3.05, 3.63) is 18.1 Å². The van der Waals surface area contributed by atoms with Crippen LogP contribution in [0.5, 0.6) is 0 Å². The van der Waals surface area contributed by atoms with Gasteiger partial charge in [-0.15, -0.1) is 0 Å². The molecule has 2 aromatic rings. The first kappa shape index (κ1) is 21.5. The Bertz CT molecular complexity index is 987. The molecule has 4 heterocycles. The van der Waals surface area contributed by atoms with Crippen LogP contribution in [0.25, 0.3) is 11.0 Å². The number of carbonyl (C=O) groups is 1. The Hall–Kier alpha value is -2.35. The number of fused-ring (bicyclic) bond motifs is 1. The Morgan fingerprint density at radius 1 is 1.19 bits per heavy atom. The maximum Gasteiger partial charge on any atom is 0.410 e. The maximum atomic E-state index is 12.6. The first-order valence-corrected chi connectivity index (χ1v) is 12.0. The summed E-state index contributed by atoms with van der Waals surface area (Å²) in [5.74, 6) is 1.61. The molecule has 1 saturated carbocycles. The molecule has 1 aliphatic carbocycles. The van der Waals surface area contributed by atoms with Gasteiger partial charge in [-0.1, -0.05) is 0 Å². The molecule has 1 amide bonds. The molecule has 8 nitrogen and oxygen atoms in total. The monoisotopic (exact) mass is 441 g/mol. The fraction of sp³-hybridized carbons (Fsp3) is 0.708. The molecule has 0 N–H and O–H groups in total. The number of ether oxygens (including phenoxy) is 2. The normalized spacial score (nSPS) is 24.8. The van der Waals surface area contributed by atoms with Crippen LogP contribution in [-0.2, 0) is 9.47 Å². The predicted octanol–water partition coefficient (Wildman–Crippen LogP) is 4.11. The summed E-state index contributed by atoms with van der Waals surface area (Å²) in [4.78, 5) is 26.3. The van der Waals surface area contributed by atoms with E-state index in [2.05, 4.69) is 22.6 Å². The van der Waals surface area contributed by atoms with Gasteiger partial charge in [-0.3, -0.25) is 0 Å². The van der Waals surface area contributed by atoms with Crippen LogP contribution in [0.1, 0.15) is 70.9 Å². The number of rotatable bonds is 3. The quantitative estimate of drug-likeness (QED) is 0.714. The van der Waals surface area contributed by atoms with Crippen LogP contribution >= 0.6 is 0 Å². The highest BCUT2D eigenvalue weighted by Crippen LogP contribution is 2.46. The van der Waals surface area contributed by atoms with Gasteiger partial charge in [0.2, 0.25) is 0 Å². The average Bonchev–Trinajstić information content (AvgIpc) is 3.53. The molecule has 0 spiro atoms. The summed E-state index contributed by atoms with van der Waals surface area (Å²) in [5.41, 5.74) is 1.92. The number of nitrogens with zero attached hydrogens (tertiary/aromatic N) is 5. The van der Waals surface area contributed by atoms with Crippen molar-refractivity contribution in [2.75, 3.05) is 37.7 Å². The van der Waals surface area contributed by atoms with Gasteiger partial charge >= 0.3 is 6.09 Å². The van der Waals surface area contributed by atoms with Crippen LogP contribution in [0.3, 0.4) is 0 Å². The highest BCUT2D eigenvalue weighted by molar-refractivity contribution is 5.92. The van der Waals surface area contributed by atoms with E-state index >= 15 is 0 Å². The second-order valence-electron chi connectivity index (χ2n) is 10.5. The fourth-order valence-electron chi connectivity index (χ4n) is 5.00. The minimum absolute atomic E-state index is 0.141. The van der Waals surface area contributed by atoms with Crippen molar-refractivity contribution >= 4 is 22.9 Å². The van der Waals surface area contributed by atoms with E-state index in [0.29, 0.717) is 25.0 Å². The zero-order valence-corrected chi connectivity index (χ0v) is 19.7. The summed E-state index contributed by atoms with van der Waals surface area (Å²) in [6.45, 7) is 11.5. The number of amides is 1. The molecule has 1 unspecified atom stereocenters. The zero-order chi connectivity index (χ0) is 22.5. The predicted molar refractivity (Wildman–Crippen MR) is 123 cm³/mol. The van der Waals surface area contributed by atoms with Crippen LogP contribution in [0, 0.1) is 0 Å². The number of hydrogen-bond acceptors (Lipinski definition) is 6. The first-order chi connectivity index (χ1) is 15.3. The van der Waals surface area contributed by atoms with Gasteiger partial charge in [0.1, 0.15) is 23.4 Å². The van der Waals surface area contributed by atoms with Crippen molar-refractivity contribution in [1.82, 2.24) is 19.4 Å². The zero-order valence-electron chi connectivity index (χ0n) is 19.7. The smallest absolute Gasteiger partial charge is 0.410 e. The van der Waals surface area contributed by atoms with Gasteiger partial charge in [0, 0.05) is 38.5 Å². The van der Waals surface area contributed by atoms with E-state index in [0.717, 1.165) is 44.1 Å². The molecular weight excluding hydrogens is 406 g/mol. The third kappa shape index (κ3) is 4.17. The number of carbonyl (C=O) groups excluding carboxylic acids is 1. The van der Waals surface area contributed by atoms with Gasteiger partial charge in [-0.2, -0.15) is 0 Å². The highest BCUT2D eigenvalue weighted by Gasteiger charge is 2.35. The summed E-state index contributed by atoms with van der Waals surface area (Å²) >= 11 is 0. The molecule has 2 atom stereocenters. The lowest BCUT2D eigenvalue weighted by Gasteiger charge is -2.41. The molecule has 2 saturated heterocycles. The van der Waals surface area contributed by atoms with Crippen molar-refractivity contribution < 1.29 is 14.3 Å². The summed E-state index contributed by atoms with van der Waals surface area (Å²) in [5, 5.41) is 1.19. The Kier molecular flexibility index (Phi) is 5.51. The summed E-state index contributed by atoms with van der Waals surface area (Å²) in [7, 11) is 0. The minimum atomic E-state index is -0.485. The van der Waals surface area contributed by atoms with E-state index in [1.54, 1.807) is 6.33 Å². The lowest BCUT2D eigenvalue weighted by molar-refractivity contribution is 0.0218. The number of piperazine rings is 1. The van der Waals surface area contributed by atoms with E-state index < -0.39 is 5.60 Å². The largest absolute Gasteiger partial charge is 0.444 e. The van der Waals surface area contributed by atoms with E-state index in [-0.39, 0.29) is 12.1 Å². The van der Waals surface area contributed by atoms with Crippen LogP contribution in [-0.4, -0.2) is 70.0 Å².